The lowest BCUT2D eigenvalue weighted by molar-refractivity contribution is 0.0909. The fourth-order valence-corrected chi connectivity index (χ4v) is 2.91. The lowest BCUT2D eigenvalue weighted by atomic mass is 9.93. The second-order valence-corrected chi connectivity index (χ2v) is 6.31. The molecule has 2 N–H and O–H groups in total. The Labute approximate surface area is 145 Å². The summed E-state index contributed by atoms with van der Waals surface area (Å²) in [6.07, 6.45) is 3.73. The Morgan fingerprint density at radius 1 is 1.24 bits per heavy atom. The molecule has 0 saturated heterocycles. The van der Waals surface area contributed by atoms with Gasteiger partial charge in [0.05, 0.1) is 12.0 Å². The van der Waals surface area contributed by atoms with Crippen molar-refractivity contribution in [1.29, 1.82) is 0 Å². The molecule has 0 aliphatic heterocycles. The molecule has 0 saturated carbocycles. The van der Waals surface area contributed by atoms with E-state index in [-0.39, 0.29) is 17.7 Å². The van der Waals surface area contributed by atoms with Gasteiger partial charge in [-0.3, -0.25) is 9.59 Å². The van der Waals surface area contributed by atoms with E-state index in [1.54, 1.807) is 12.1 Å². The van der Waals surface area contributed by atoms with Crippen LogP contribution in [0.4, 0.5) is 0 Å². The summed E-state index contributed by atoms with van der Waals surface area (Å²) in [4.78, 5) is 24.3. The minimum absolute atomic E-state index is 0.0229. The number of amides is 2. The molecule has 3 rings (SSSR count). The number of hydrazone groups is 1. The van der Waals surface area contributed by atoms with Crippen molar-refractivity contribution >= 4 is 17.5 Å². The first kappa shape index (κ1) is 17.0. The SMILES string of the molecule is Cc1c(C(=O)NC(C)C)oc2c1/C(=N/NC(=O)c1ccco1)CCC2. The topological polar surface area (TPSA) is 96.8 Å². The number of rotatable bonds is 4. The Morgan fingerprint density at radius 2 is 2.04 bits per heavy atom. The molecule has 2 aromatic rings. The van der Waals surface area contributed by atoms with Crippen LogP contribution in [0, 0.1) is 6.92 Å². The van der Waals surface area contributed by atoms with Gasteiger partial charge in [-0.05, 0) is 45.7 Å². The Bertz CT molecular complexity index is 816. The molecule has 0 atom stereocenters. The third-order valence-electron chi connectivity index (χ3n) is 3.99. The van der Waals surface area contributed by atoms with Crippen LogP contribution in [-0.4, -0.2) is 23.6 Å². The molecule has 0 aromatic carbocycles. The molecule has 0 radical (unpaired) electrons. The molecular formula is C18H21N3O4. The first-order chi connectivity index (χ1) is 12.0. The van der Waals surface area contributed by atoms with E-state index in [1.807, 2.05) is 20.8 Å². The summed E-state index contributed by atoms with van der Waals surface area (Å²) in [5.74, 6) is 0.597. The van der Waals surface area contributed by atoms with E-state index in [1.165, 1.54) is 6.26 Å². The second-order valence-electron chi connectivity index (χ2n) is 6.31. The number of hydrogen-bond acceptors (Lipinski definition) is 5. The maximum atomic E-state index is 12.3. The fourth-order valence-electron chi connectivity index (χ4n) is 2.91. The predicted octanol–water partition coefficient (Wildman–Crippen LogP) is 2.79. The Morgan fingerprint density at radius 3 is 2.72 bits per heavy atom. The van der Waals surface area contributed by atoms with E-state index < -0.39 is 5.91 Å². The van der Waals surface area contributed by atoms with Gasteiger partial charge >= 0.3 is 5.91 Å². The average molecular weight is 343 g/mol. The van der Waals surface area contributed by atoms with E-state index >= 15 is 0 Å². The van der Waals surface area contributed by atoms with Gasteiger partial charge in [0.2, 0.25) is 0 Å². The maximum Gasteiger partial charge on any atom is 0.307 e. The first-order valence-corrected chi connectivity index (χ1v) is 8.31. The highest BCUT2D eigenvalue weighted by Gasteiger charge is 2.28. The van der Waals surface area contributed by atoms with Gasteiger partial charge in [-0.25, -0.2) is 5.43 Å². The van der Waals surface area contributed by atoms with Crippen molar-refractivity contribution in [3.63, 3.8) is 0 Å². The van der Waals surface area contributed by atoms with E-state index in [9.17, 15) is 9.59 Å². The third kappa shape index (κ3) is 3.50. The van der Waals surface area contributed by atoms with E-state index in [0.29, 0.717) is 17.9 Å². The molecule has 2 heterocycles. The van der Waals surface area contributed by atoms with Crippen molar-refractivity contribution in [2.24, 2.45) is 5.10 Å². The van der Waals surface area contributed by atoms with Crippen LogP contribution in [-0.2, 0) is 6.42 Å². The molecule has 1 aliphatic rings. The van der Waals surface area contributed by atoms with Gasteiger partial charge < -0.3 is 14.2 Å². The number of furan rings is 2. The number of nitrogens with zero attached hydrogens (tertiary/aromatic N) is 1. The van der Waals surface area contributed by atoms with Crippen LogP contribution in [0.15, 0.2) is 32.3 Å². The highest BCUT2D eigenvalue weighted by molar-refractivity contribution is 6.07. The Hall–Kier alpha value is -2.83. The highest BCUT2D eigenvalue weighted by Crippen LogP contribution is 2.29. The third-order valence-corrected chi connectivity index (χ3v) is 3.99. The molecule has 7 nitrogen and oxygen atoms in total. The summed E-state index contributed by atoms with van der Waals surface area (Å²) >= 11 is 0. The quantitative estimate of drug-likeness (QED) is 0.834. The van der Waals surface area contributed by atoms with Gasteiger partial charge in [0.25, 0.3) is 5.91 Å². The zero-order chi connectivity index (χ0) is 18.0. The summed E-state index contributed by atoms with van der Waals surface area (Å²) in [5, 5.41) is 7.08. The molecule has 0 fully saturated rings. The minimum Gasteiger partial charge on any atom is -0.459 e. The van der Waals surface area contributed by atoms with Crippen LogP contribution in [0.1, 0.15) is 64.7 Å². The monoisotopic (exact) mass is 343 g/mol. The lowest BCUT2D eigenvalue weighted by Gasteiger charge is -2.13. The van der Waals surface area contributed by atoms with Crippen molar-refractivity contribution < 1.29 is 18.4 Å². The molecule has 2 amide bonds. The molecule has 7 heteroatoms. The number of carbonyl (C=O) groups excluding carboxylic acids is 2. The zero-order valence-electron chi connectivity index (χ0n) is 14.5. The second kappa shape index (κ2) is 6.96. The Kier molecular flexibility index (Phi) is 4.74. The molecule has 132 valence electrons. The van der Waals surface area contributed by atoms with Crippen LogP contribution in [0.3, 0.4) is 0 Å². The smallest absolute Gasteiger partial charge is 0.307 e. The number of hydrogen-bond donors (Lipinski definition) is 2. The van der Waals surface area contributed by atoms with E-state index in [4.69, 9.17) is 8.83 Å². The molecule has 25 heavy (non-hydrogen) atoms. The first-order valence-electron chi connectivity index (χ1n) is 8.31. The van der Waals surface area contributed by atoms with Crippen LogP contribution in [0.2, 0.25) is 0 Å². The maximum absolute atomic E-state index is 12.3. The molecule has 0 unspecified atom stereocenters. The standard InChI is InChI=1S/C18H21N3O4/c1-10(2)19-18(23)16-11(3)15-12(6-4-7-13(15)25-16)20-21-17(22)14-8-5-9-24-14/h5,8-10H,4,6-7H2,1-3H3,(H,19,23)(H,21,22)/b20-12+. The number of fused-ring (bicyclic) bond motifs is 1. The summed E-state index contributed by atoms with van der Waals surface area (Å²) < 4.78 is 10.8. The molecule has 1 aliphatic carbocycles. The van der Waals surface area contributed by atoms with E-state index in [0.717, 1.165) is 29.7 Å². The van der Waals surface area contributed by atoms with Crippen molar-refractivity contribution in [1.82, 2.24) is 10.7 Å². The number of carbonyl (C=O) groups is 2. The molecule has 0 bridgehead atoms. The number of aryl methyl sites for hydroxylation is 1. The largest absolute Gasteiger partial charge is 0.459 e. The average Bonchev–Trinajstić information content (AvgIpc) is 3.20. The molecule has 2 aromatic heterocycles. The van der Waals surface area contributed by atoms with Crippen LogP contribution < -0.4 is 10.7 Å². The summed E-state index contributed by atoms with van der Waals surface area (Å²) in [7, 11) is 0. The zero-order valence-corrected chi connectivity index (χ0v) is 14.5. The minimum atomic E-state index is -0.413. The van der Waals surface area contributed by atoms with Gasteiger partial charge in [-0.2, -0.15) is 5.10 Å². The van der Waals surface area contributed by atoms with Crippen molar-refractivity contribution in [3.8, 4) is 0 Å². The van der Waals surface area contributed by atoms with Crippen LogP contribution in [0.5, 0.6) is 0 Å². The lowest BCUT2D eigenvalue weighted by Crippen LogP contribution is -2.30. The van der Waals surface area contributed by atoms with Gasteiger partial charge in [0.1, 0.15) is 5.76 Å². The van der Waals surface area contributed by atoms with E-state index in [2.05, 4.69) is 15.8 Å². The molecular weight excluding hydrogens is 322 g/mol. The van der Waals surface area contributed by atoms with Gasteiger partial charge in [0, 0.05) is 23.6 Å². The van der Waals surface area contributed by atoms with Crippen molar-refractivity contribution in [3.05, 3.63) is 46.8 Å². The normalized spacial score (nSPS) is 15.3. The number of nitrogens with one attached hydrogen (secondary N) is 2. The van der Waals surface area contributed by atoms with Crippen molar-refractivity contribution in [2.45, 2.75) is 46.1 Å². The van der Waals surface area contributed by atoms with Crippen molar-refractivity contribution in [2.75, 3.05) is 0 Å². The summed E-state index contributed by atoms with van der Waals surface area (Å²) in [6.45, 7) is 5.63. The van der Waals surface area contributed by atoms with Gasteiger partial charge in [0.15, 0.2) is 11.5 Å². The van der Waals surface area contributed by atoms with Gasteiger partial charge in [-0.1, -0.05) is 0 Å². The van der Waals surface area contributed by atoms with Crippen LogP contribution >= 0.6 is 0 Å². The highest BCUT2D eigenvalue weighted by atomic mass is 16.4. The summed E-state index contributed by atoms with van der Waals surface area (Å²) in [6, 6.07) is 3.23. The predicted molar refractivity (Wildman–Crippen MR) is 91.7 cm³/mol. The van der Waals surface area contributed by atoms with Crippen LogP contribution in [0.25, 0.3) is 0 Å². The Balaban J connectivity index is 1.86. The van der Waals surface area contributed by atoms with Gasteiger partial charge in [-0.15, -0.1) is 0 Å². The summed E-state index contributed by atoms with van der Waals surface area (Å²) in [5.41, 5.74) is 4.79. The fraction of sp³-hybridized carbons (Fsp3) is 0.389. The molecule has 0 spiro atoms.